The molecule has 0 aliphatic carbocycles. The topological polar surface area (TPSA) is 55.2 Å². The highest BCUT2D eigenvalue weighted by Gasteiger charge is 2.08. The molecule has 2 aromatic carbocycles. The van der Waals surface area contributed by atoms with Crippen LogP contribution in [0, 0.1) is 4.77 Å². The molecule has 0 spiro atoms. The number of aromatic amines is 1. The fraction of sp³-hybridized carbons (Fsp3) is 0.0625. The Bertz CT molecular complexity index is 852. The average Bonchev–Trinajstić information content (AvgIpc) is 2.95. The van der Waals surface area contributed by atoms with Crippen molar-refractivity contribution in [3.63, 3.8) is 0 Å². The molecule has 22 heavy (non-hydrogen) atoms. The van der Waals surface area contributed by atoms with Crippen molar-refractivity contribution in [1.82, 2.24) is 14.9 Å². The predicted molar refractivity (Wildman–Crippen MR) is 88.8 cm³/mol. The Balaban J connectivity index is 2.01. The lowest BCUT2D eigenvalue weighted by Gasteiger charge is -2.03. The number of benzene rings is 2. The van der Waals surface area contributed by atoms with Crippen LogP contribution in [0.1, 0.15) is 5.56 Å². The van der Waals surface area contributed by atoms with Crippen molar-refractivity contribution >= 4 is 18.4 Å². The van der Waals surface area contributed by atoms with Gasteiger partial charge in [0.05, 0.1) is 13.3 Å². The first-order valence-corrected chi connectivity index (χ1v) is 7.10. The van der Waals surface area contributed by atoms with E-state index in [4.69, 9.17) is 17.0 Å². The highest BCUT2D eigenvalue weighted by Crippen LogP contribution is 2.22. The van der Waals surface area contributed by atoms with Crippen LogP contribution in [0.5, 0.6) is 5.75 Å². The molecule has 1 N–H and O–H groups in total. The summed E-state index contributed by atoms with van der Waals surface area (Å²) in [6, 6.07) is 17.4. The molecule has 110 valence electrons. The van der Waals surface area contributed by atoms with Crippen molar-refractivity contribution in [3.8, 4) is 17.1 Å². The minimum Gasteiger partial charge on any atom is -0.497 e. The van der Waals surface area contributed by atoms with Crippen LogP contribution in [-0.2, 0) is 0 Å². The molecule has 0 saturated heterocycles. The third-order valence-electron chi connectivity index (χ3n) is 3.10. The molecule has 0 radical (unpaired) electrons. The highest BCUT2D eigenvalue weighted by molar-refractivity contribution is 7.71. The van der Waals surface area contributed by atoms with Crippen LogP contribution in [0.4, 0.5) is 0 Å². The van der Waals surface area contributed by atoms with Gasteiger partial charge in [0.1, 0.15) is 5.75 Å². The summed E-state index contributed by atoms with van der Waals surface area (Å²) in [6.45, 7) is 0. The Labute approximate surface area is 132 Å². The summed E-state index contributed by atoms with van der Waals surface area (Å²) < 4.78 is 7.27. The molecule has 0 atom stereocenters. The van der Waals surface area contributed by atoms with Gasteiger partial charge in [0.2, 0.25) is 4.77 Å². The van der Waals surface area contributed by atoms with Crippen LogP contribution < -0.4 is 4.74 Å². The molecule has 0 fully saturated rings. The van der Waals surface area contributed by atoms with Gasteiger partial charge < -0.3 is 4.74 Å². The van der Waals surface area contributed by atoms with Crippen LogP contribution in [0.25, 0.3) is 11.4 Å². The molecule has 1 aromatic heterocycles. The number of hydrogen-bond donors (Lipinski definition) is 1. The lowest BCUT2D eigenvalue weighted by Crippen LogP contribution is -1.95. The lowest BCUT2D eigenvalue weighted by atomic mass is 10.2. The van der Waals surface area contributed by atoms with Crippen LogP contribution in [0.2, 0.25) is 0 Å². The van der Waals surface area contributed by atoms with Crippen molar-refractivity contribution in [1.29, 1.82) is 0 Å². The second kappa shape index (κ2) is 6.36. The fourth-order valence-corrected chi connectivity index (χ4v) is 2.19. The first-order chi connectivity index (χ1) is 10.8. The number of nitrogens with one attached hydrogen (secondary N) is 1. The Hall–Kier alpha value is -2.73. The van der Waals surface area contributed by atoms with Crippen molar-refractivity contribution in [2.75, 3.05) is 7.11 Å². The van der Waals surface area contributed by atoms with Gasteiger partial charge >= 0.3 is 0 Å². The molecule has 0 amide bonds. The number of methoxy groups -OCH3 is 1. The maximum absolute atomic E-state index is 5.25. The number of nitrogens with zero attached hydrogens (tertiary/aromatic N) is 3. The van der Waals surface area contributed by atoms with Crippen LogP contribution in [0.3, 0.4) is 0 Å². The Morgan fingerprint density at radius 2 is 2.00 bits per heavy atom. The van der Waals surface area contributed by atoms with Crippen LogP contribution in [-0.4, -0.2) is 28.2 Å². The predicted octanol–water partition coefficient (Wildman–Crippen LogP) is 3.50. The molecule has 5 nitrogen and oxygen atoms in total. The number of ether oxygens (including phenoxy) is 1. The number of rotatable bonds is 4. The fourth-order valence-electron chi connectivity index (χ4n) is 2.01. The standard InChI is InChI=1S/C16H14N4OS/c1-21-14-9-5-8-13(10-14)15-18-19-16(22)20(15)17-11-12-6-3-2-4-7-12/h2-11H,1H3,(H,19,22). The third kappa shape index (κ3) is 2.96. The van der Waals surface area contributed by atoms with E-state index in [1.165, 1.54) is 0 Å². The summed E-state index contributed by atoms with van der Waals surface area (Å²) in [5, 5.41) is 11.4. The highest BCUT2D eigenvalue weighted by atomic mass is 32.1. The molecule has 3 aromatic rings. The maximum atomic E-state index is 5.25. The average molecular weight is 310 g/mol. The van der Waals surface area contributed by atoms with E-state index in [0.29, 0.717) is 10.6 Å². The van der Waals surface area contributed by atoms with Gasteiger partial charge in [-0.15, -0.1) is 0 Å². The van der Waals surface area contributed by atoms with Gasteiger partial charge in [-0.2, -0.15) is 14.9 Å². The van der Waals surface area contributed by atoms with E-state index in [1.54, 1.807) is 18.0 Å². The van der Waals surface area contributed by atoms with Gasteiger partial charge in [0.15, 0.2) is 5.82 Å². The minimum absolute atomic E-state index is 0.435. The Morgan fingerprint density at radius 1 is 1.18 bits per heavy atom. The summed E-state index contributed by atoms with van der Waals surface area (Å²) in [6.07, 6.45) is 1.75. The van der Waals surface area contributed by atoms with Crippen molar-refractivity contribution in [2.45, 2.75) is 0 Å². The number of H-pyrrole nitrogens is 1. The Morgan fingerprint density at radius 3 is 2.77 bits per heavy atom. The molecule has 0 aliphatic rings. The molecular weight excluding hydrogens is 296 g/mol. The van der Waals surface area contributed by atoms with Gasteiger partial charge in [0.25, 0.3) is 0 Å². The SMILES string of the molecule is COc1cccc(-c2n[nH]c(=S)n2N=Cc2ccccc2)c1. The van der Waals surface area contributed by atoms with E-state index < -0.39 is 0 Å². The molecule has 3 rings (SSSR count). The normalized spacial score (nSPS) is 11.0. The van der Waals surface area contributed by atoms with E-state index in [9.17, 15) is 0 Å². The largest absolute Gasteiger partial charge is 0.497 e. The maximum Gasteiger partial charge on any atom is 0.216 e. The quantitative estimate of drug-likeness (QED) is 0.593. The summed E-state index contributed by atoms with van der Waals surface area (Å²) in [4.78, 5) is 0. The number of aromatic nitrogens is 3. The van der Waals surface area contributed by atoms with Crippen molar-refractivity contribution in [3.05, 3.63) is 64.9 Å². The lowest BCUT2D eigenvalue weighted by molar-refractivity contribution is 0.415. The summed E-state index contributed by atoms with van der Waals surface area (Å²) in [5.41, 5.74) is 1.86. The summed E-state index contributed by atoms with van der Waals surface area (Å²) in [7, 11) is 1.63. The third-order valence-corrected chi connectivity index (χ3v) is 3.36. The summed E-state index contributed by atoms with van der Waals surface area (Å²) >= 11 is 5.25. The van der Waals surface area contributed by atoms with Gasteiger partial charge in [0, 0.05) is 5.56 Å². The van der Waals surface area contributed by atoms with Crippen LogP contribution in [0.15, 0.2) is 59.7 Å². The van der Waals surface area contributed by atoms with Crippen LogP contribution >= 0.6 is 12.2 Å². The van der Waals surface area contributed by atoms with E-state index in [0.717, 1.165) is 16.9 Å². The first kappa shape index (κ1) is 14.2. The van der Waals surface area contributed by atoms with E-state index in [2.05, 4.69) is 15.3 Å². The molecule has 1 heterocycles. The monoisotopic (exact) mass is 310 g/mol. The van der Waals surface area contributed by atoms with Gasteiger partial charge in [-0.05, 0) is 29.9 Å². The molecule has 0 bridgehead atoms. The van der Waals surface area contributed by atoms with E-state index in [1.807, 2.05) is 54.6 Å². The first-order valence-electron chi connectivity index (χ1n) is 6.69. The zero-order valence-corrected chi connectivity index (χ0v) is 12.7. The molecule has 6 heteroatoms. The van der Waals surface area contributed by atoms with Crippen molar-refractivity contribution in [2.24, 2.45) is 5.10 Å². The Kier molecular flexibility index (Phi) is 4.11. The van der Waals surface area contributed by atoms with Gasteiger partial charge in [-0.3, -0.25) is 0 Å². The molecule has 0 aliphatic heterocycles. The summed E-state index contributed by atoms with van der Waals surface area (Å²) in [5.74, 6) is 1.39. The minimum atomic E-state index is 0.435. The number of hydrogen-bond acceptors (Lipinski definition) is 4. The second-order valence-corrected chi connectivity index (χ2v) is 4.94. The second-order valence-electron chi connectivity index (χ2n) is 4.55. The van der Waals surface area contributed by atoms with E-state index in [-0.39, 0.29) is 0 Å². The van der Waals surface area contributed by atoms with Gasteiger partial charge in [-0.1, -0.05) is 42.5 Å². The van der Waals surface area contributed by atoms with Crippen molar-refractivity contribution < 1.29 is 4.74 Å². The van der Waals surface area contributed by atoms with E-state index >= 15 is 0 Å². The zero-order chi connectivity index (χ0) is 15.4. The smallest absolute Gasteiger partial charge is 0.216 e. The molecule has 0 unspecified atom stereocenters. The molecule has 0 saturated carbocycles. The zero-order valence-electron chi connectivity index (χ0n) is 11.9. The van der Waals surface area contributed by atoms with Gasteiger partial charge in [-0.25, -0.2) is 5.10 Å². The molecular formula is C16H14N4OS.